The highest BCUT2D eigenvalue weighted by atomic mass is 32.1. The molecule has 0 aliphatic carbocycles. The summed E-state index contributed by atoms with van der Waals surface area (Å²) in [5.41, 5.74) is 3.71. The van der Waals surface area contributed by atoms with Gasteiger partial charge in [-0.05, 0) is 36.3 Å². The minimum atomic E-state index is -0.161. The predicted octanol–water partition coefficient (Wildman–Crippen LogP) is 2.66. The van der Waals surface area contributed by atoms with Crippen LogP contribution in [0.4, 0.5) is 0 Å². The van der Waals surface area contributed by atoms with Crippen molar-refractivity contribution in [2.45, 2.75) is 32.9 Å². The summed E-state index contributed by atoms with van der Waals surface area (Å²) in [4.78, 5) is 32.8. The summed E-state index contributed by atoms with van der Waals surface area (Å²) in [6, 6.07) is 5.72. The van der Waals surface area contributed by atoms with E-state index >= 15 is 0 Å². The maximum atomic E-state index is 12.9. The predicted molar refractivity (Wildman–Crippen MR) is 102 cm³/mol. The topological polar surface area (TPSA) is 82.1 Å². The molecule has 1 aliphatic rings. The average molecular weight is 369 g/mol. The van der Waals surface area contributed by atoms with Crippen LogP contribution < -0.4 is 11.0 Å². The summed E-state index contributed by atoms with van der Waals surface area (Å²) >= 11 is 5.02. The lowest BCUT2D eigenvalue weighted by atomic mass is 10.1. The number of hydrogen-bond donors (Lipinski definition) is 2. The number of H-pyrrole nitrogens is 2. The molecule has 1 aromatic carbocycles. The summed E-state index contributed by atoms with van der Waals surface area (Å²) < 4.78 is 6.01. The smallest absolute Gasteiger partial charge is 0.256 e. The number of rotatable bonds is 3. The molecule has 0 bridgehead atoms. The quantitative estimate of drug-likeness (QED) is 0.694. The van der Waals surface area contributed by atoms with E-state index < -0.39 is 0 Å². The Hall–Kier alpha value is -2.51. The lowest BCUT2D eigenvalue weighted by molar-refractivity contribution is 0.239. The molecule has 0 fully saturated rings. The maximum Gasteiger partial charge on any atom is 0.256 e. The third kappa shape index (κ3) is 3.04. The van der Waals surface area contributed by atoms with Crippen LogP contribution in [0.15, 0.2) is 38.5 Å². The molecule has 0 radical (unpaired) electrons. The average Bonchev–Trinajstić information content (AvgIpc) is 2.64. The van der Waals surface area contributed by atoms with Crippen LogP contribution in [-0.2, 0) is 25.9 Å². The third-order valence-electron chi connectivity index (χ3n) is 4.90. The van der Waals surface area contributed by atoms with Gasteiger partial charge in [-0.15, -0.1) is 0 Å². The fraction of sp³-hybridized carbons (Fsp3) is 0.316. The number of benzene rings is 1. The Balaban J connectivity index is 1.65. The Morgan fingerprint density at radius 2 is 2.12 bits per heavy atom. The highest BCUT2D eigenvalue weighted by Gasteiger charge is 2.21. The molecule has 6 nitrogen and oxygen atoms in total. The maximum absolute atomic E-state index is 12.9. The zero-order valence-corrected chi connectivity index (χ0v) is 15.2. The van der Waals surface area contributed by atoms with E-state index in [1.165, 1.54) is 6.26 Å². The lowest BCUT2D eigenvalue weighted by Gasteiger charge is -2.27. The molecule has 7 heteroatoms. The molecule has 3 heterocycles. The van der Waals surface area contributed by atoms with Crippen molar-refractivity contribution in [2.75, 3.05) is 6.54 Å². The van der Waals surface area contributed by atoms with Gasteiger partial charge in [0.15, 0.2) is 10.2 Å². The molecule has 134 valence electrons. The molecule has 0 saturated heterocycles. The molecule has 2 aromatic heterocycles. The van der Waals surface area contributed by atoms with Crippen molar-refractivity contribution < 1.29 is 4.42 Å². The van der Waals surface area contributed by atoms with Crippen molar-refractivity contribution in [3.8, 4) is 0 Å². The fourth-order valence-electron chi connectivity index (χ4n) is 3.44. The van der Waals surface area contributed by atoms with Crippen LogP contribution in [0.25, 0.3) is 11.0 Å². The summed E-state index contributed by atoms with van der Waals surface area (Å²) in [6.07, 6.45) is 3.10. The van der Waals surface area contributed by atoms with Gasteiger partial charge in [-0.25, -0.2) is 0 Å². The van der Waals surface area contributed by atoms with E-state index in [1.54, 1.807) is 0 Å². The second-order valence-corrected chi connectivity index (χ2v) is 7.01. The van der Waals surface area contributed by atoms with Gasteiger partial charge in [0.1, 0.15) is 5.58 Å². The first-order chi connectivity index (χ1) is 12.5. The van der Waals surface area contributed by atoms with Gasteiger partial charge in [-0.1, -0.05) is 13.0 Å². The Kier molecular flexibility index (Phi) is 4.34. The summed E-state index contributed by atoms with van der Waals surface area (Å²) in [5.74, 6) is 0. The molecule has 0 amide bonds. The summed E-state index contributed by atoms with van der Waals surface area (Å²) in [5, 5.41) is 0.612. The monoisotopic (exact) mass is 369 g/mol. The first kappa shape index (κ1) is 16.9. The van der Waals surface area contributed by atoms with Crippen molar-refractivity contribution in [1.82, 2.24) is 14.9 Å². The second kappa shape index (κ2) is 6.66. The van der Waals surface area contributed by atoms with E-state index in [9.17, 15) is 9.59 Å². The van der Waals surface area contributed by atoms with Crippen LogP contribution in [0.2, 0.25) is 0 Å². The number of aromatic nitrogens is 2. The summed E-state index contributed by atoms with van der Waals surface area (Å²) in [6.45, 7) is 3.72. The molecule has 1 aliphatic heterocycles. The highest BCUT2D eigenvalue weighted by molar-refractivity contribution is 7.71. The number of hydrogen-bond acceptors (Lipinski definition) is 5. The molecular weight excluding hydrogens is 350 g/mol. The van der Waals surface area contributed by atoms with Crippen LogP contribution in [0.1, 0.15) is 29.3 Å². The second-order valence-electron chi connectivity index (χ2n) is 6.60. The van der Waals surface area contributed by atoms with Gasteiger partial charge in [0.05, 0.1) is 17.2 Å². The Labute approximate surface area is 154 Å². The van der Waals surface area contributed by atoms with E-state index in [4.69, 9.17) is 16.6 Å². The Morgan fingerprint density at radius 1 is 1.27 bits per heavy atom. The summed E-state index contributed by atoms with van der Waals surface area (Å²) in [7, 11) is 0. The van der Waals surface area contributed by atoms with Crippen LogP contribution in [0.3, 0.4) is 0 Å². The van der Waals surface area contributed by atoms with Crippen LogP contribution >= 0.6 is 12.2 Å². The molecule has 0 atom stereocenters. The zero-order chi connectivity index (χ0) is 18.3. The van der Waals surface area contributed by atoms with Gasteiger partial charge in [0.25, 0.3) is 5.56 Å². The number of nitrogens with zero attached hydrogens (tertiary/aromatic N) is 1. The van der Waals surface area contributed by atoms with E-state index in [2.05, 4.69) is 21.8 Å². The molecule has 3 aromatic rings. The fourth-order valence-corrected chi connectivity index (χ4v) is 3.65. The molecule has 2 N–H and O–H groups in total. The van der Waals surface area contributed by atoms with Crippen molar-refractivity contribution in [1.29, 1.82) is 0 Å². The largest absolute Gasteiger partial charge is 0.464 e. The molecule has 0 spiro atoms. The molecule has 0 saturated carbocycles. The van der Waals surface area contributed by atoms with E-state index in [-0.39, 0.29) is 11.0 Å². The van der Waals surface area contributed by atoms with Crippen molar-refractivity contribution >= 4 is 23.2 Å². The number of nitrogens with one attached hydrogen (secondary N) is 2. The first-order valence-electron chi connectivity index (χ1n) is 8.65. The molecule has 26 heavy (non-hydrogen) atoms. The van der Waals surface area contributed by atoms with Crippen molar-refractivity contribution in [3.63, 3.8) is 0 Å². The van der Waals surface area contributed by atoms with Gasteiger partial charge >= 0.3 is 0 Å². The van der Waals surface area contributed by atoms with Crippen LogP contribution in [0, 0.1) is 4.77 Å². The van der Waals surface area contributed by atoms with Gasteiger partial charge in [0, 0.05) is 37.3 Å². The Morgan fingerprint density at radius 3 is 2.92 bits per heavy atom. The normalized spacial score (nSPS) is 14.5. The third-order valence-corrected chi connectivity index (χ3v) is 5.10. The lowest BCUT2D eigenvalue weighted by Crippen LogP contribution is -2.36. The first-order valence-corrected chi connectivity index (χ1v) is 9.06. The van der Waals surface area contributed by atoms with Crippen molar-refractivity contribution in [3.05, 3.63) is 72.2 Å². The van der Waals surface area contributed by atoms with Crippen LogP contribution in [0.5, 0.6) is 0 Å². The number of fused-ring (bicyclic) bond motifs is 2. The number of aryl methyl sites for hydroxylation is 1. The minimum Gasteiger partial charge on any atom is -0.464 e. The zero-order valence-electron chi connectivity index (χ0n) is 14.4. The molecule has 4 rings (SSSR count). The minimum absolute atomic E-state index is 0.00581. The van der Waals surface area contributed by atoms with E-state index in [0.29, 0.717) is 46.4 Å². The molecular formula is C19H19N3O3S. The number of aromatic amines is 2. The van der Waals surface area contributed by atoms with Gasteiger partial charge in [0.2, 0.25) is 0 Å². The van der Waals surface area contributed by atoms with Gasteiger partial charge in [-0.3, -0.25) is 19.5 Å². The van der Waals surface area contributed by atoms with E-state index in [1.807, 2.05) is 18.2 Å². The van der Waals surface area contributed by atoms with Gasteiger partial charge < -0.3 is 9.40 Å². The van der Waals surface area contributed by atoms with Crippen LogP contribution in [-0.4, -0.2) is 21.4 Å². The SMILES string of the molecule is CCc1ccc2occ(CN3CCc4[nH]c(=S)[nH]c(=O)c4C3)c(=O)c2c1. The van der Waals surface area contributed by atoms with Crippen molar-refractivity contribution in [2.24, 2.45) is 0 Å². The Bertz CT molecular complexity index is 1160. The standard InChI is InChI=1S/C19H19N3O3S/c1-2-11-3-4-16-13(7-11)17(23)12(10-25-16)8-22-6-5-15-14(9-22)18(24)21-19(26)20-15/h3-4,7,10H,2,5-6,8-9H2,1H3,(H2,20,21,24,26). The van der Waals surface area contributed by atoms with E-state index in [0.717, 1.165) is 24.2 Å². The highest BCUT2D eigenvalue weighted by Crippen LogP contribution is 2.18. The van der Waals surface area contributed by atoms with Gasteiger partial charge in [-0.2, -0.15) is 0 Å². The molecule has 0 unspecified atom stereocenters.